The average Bonchev–Trinajstić information content (AvgIpc) is 2.35. The van der Waals surface area contributed by atoms with Crippen LogP contribution in [-0.2, 0) is 6.42 Å². The molecule has 84 valence electrons. The van der Waals surface area contributed by atoms with Crippen LogP contribution >= 0.6 is 0 Å². The minimum atomic E-state index is 0.265. The van der Waals surface area contributed by atoms with E-state index in [0.29, 0.717) is 5.92 Å². The van der Waals surface area contributed by atoms with Gasteiger partial charge >= 0.3 is 0 Å². The van der Waals surface area contributed by atoms with Crippen molar-refractivity contribution in [3.63, 3.8) is 0 Å². The van der Waals surface area contributed by atoms with E-state index < -0.39 is 0 Å². The Labute approximate surface area is 96.0 Å². The van der Waals surface area contributed by atoms with Crippen molar-refractivity contribution in [1.29, 1.82) is 0 Å². The molecule has 0 amide bonds. The van der Waals surface area contributed by atoms with E-state index in [1.54, 1.807) is 0 Å². The second-order valence-corrected chi connectivity index (χ2v) is 4.19. The summed E-state index contributed by atoms with van der Waals surface area (Å²) in [6.07, 6.45) is 3.77. The van der Waals surface area contributed by atoms with Gasteiger partial charge in [-0.3, -0.25) is 4.98 Å². The van der Waals surface area contributed by atoms with Crippen LogP contribution in [0.1, 0.15) is 18.9 Å². The quantitative estimate of drug-likeness (QED) is 0.850. The van der Waals surface area contributed by atoms with Crippen molar-refractivity contribution >= 4 is 10.9 Å². The van der Waals surface area contributed by atoms with Crippen LogP contribution in [0.2, 0.25) is 0 Å². The van der Waals surface area contributed by atoms with Gasteiger partial charge in [0.1, 0.15) is 0 Å². The normalized spacial score (nSPS) is 12.9. The third kappa shape index (κ3) is 2.39. The number of aliphatic hydroxyl groups is 1. The Bertz CT molecular complexity index is 463. The molecule has 0 aliphatic rings. The van der Waals surface area contributed by atoms with Crippen molar-refractivity contribution in [1.82, 2.24) is 4.98 Å². The zero-order chi connectivity index (χ0) is 11.4. The summed E-state index contributed by atoms with van der Waals surface area (Å²) in [5, 5.41) is 10.4. The van der Waals surface area contributed by atoms with Gasteiger partial charge in [-0.1, -0.05) is 25.5 Å². The monoisotopic (exact) mass is 215 g/mol. The van der Waals surface area contributed by atoms with Gasteiger partial charge in [-0.2, -0.15) is 0 Å². The molecule has 2 rings (SSSR count). The molecule has 2 nitrogen and oxygen atoms in total. The summed E-state index contributed by atoms with van der Waals surface area (Å²) in [6, 6.07) is 10.4. The summed E-state index contributed by atoms with van der Waals surface area (Å²) >= 11 is 0. The van der Waals surface area contributed by atoms with E-state index in [2.05, 4.69) is 36.2 Å². The molecule has 1 atom stereocenters. The number of hydrogen-bond donors (Lipinski definition) is 1. The van der Waals surface area contributed by atoms with E-state index in [4.69, 9.17) is 0 Å². The second kappa shape index (κ2) is 5.08. The van der Waals surface area contributed by atoms with Crippen molar-refractivity contribution in [3.05, 3.63) is 42.1 Å². The zero-order valence-electron chi connectivity index (χ0n) is 9.56. The van der Waals surface area contributed by atoms with Gasteiger partial charge in [0.15, 0.2) is 0 Å². The number of aromatic nitrogens is 1. The summed E-state index contributed by atoms with van der Waals surface area (Å²) in [4.78, 5) is 4.29. The number of fused-ring (bicyclic) bond motifs is 1. The molecule has 0 radical (unpaired) electrons. The number of benzene rings is 1. The standard InChI is InChI=1S/C14H17NO/c1-2-11(10-16)8-12-5-6-14-13(9-12)4-3-7-15-14/h3-7,9,11,16H,2,8,10H2,1H3. The molecule has 0 saturated carbocycles. The zero-order valence-corrected chi connectivity index (χ0v) is 9.56. The molecule has 1 aromatic heterocycles. The van der Waals surface area contributed by atoms with Gasteiger partial charge in [0, 0.05) is 18.2 Å². The molecule has 0 aliphatic carbocycles. The maximum absolute atomic E-state index is 9.19. The summed E-state index contributed by atoms with van der Waals surface area (Å²) in [5.41, 5.74) is 2.31. The highest BCUT2D eigenvalue weighted by Crippen LogP contribution is 2.17. The van der Waals surface area contributed by atoms with Crippen LogP contribution in [0.25, 0.3) is 10.9 Å². The van der Waals surface area contributed by atoms with E-state index in [1.807, 2.05) is 12.3 Å². The van der Waals surface area contributed by atoms with E-state index in [-0.39, 0.29) is 6.61 Å². The lowest BCUT2D eigenvalue weighted by Crippen LogP contribution is -2.07. The smallest absolute Gasteiger partial charge is 0.0702 e. The first kappa shape index (κ1) is 11.1. The van der Waals surface area contributed by atoms with Crippen LogP contribution < -0.4 is 0 Å². The number of nitrogens with zero attached hydrogens (tertiary/aromatic N) is 1. The van der Waals surface area contributed by atoms with Gasteiger partial charge in [-0.25, -0.2) is 0 Å². The SMILES string of the molecule is CCC(CO)Cc1ccc2ncccc2c1. The third-order valence-electron chi connectivity index (χ3n) is 3.03. The van der Waals surface area contributed by atoms with Crippen LogP contribution in [0.5, 0.6) is 0 Å². The van der Waals surface area contributed by atoms with Crippen LogP contribution in [-0.4, -0.2) is 16.7 Å². The summed E-state index contributed by atoms with van der Waals surface area (Å²) in [5.74, 6) is 0.370. The predicted octanol–water partition coefficient (Wildman–Crippen LogP) is 2.80. The lowest BCUT2D eigenvalue weighted by molar-refractivity contribution is 0.222. The number of rotatable bonds is 4. The number of pyridine rings is 1. The first-order valence-electron chi connectivity index (χ1n) is 5.78. The second-order valence-electron chi connectivity index (χ2n) is 4.19. The minimum Gasteiger partial charge on any atom is -0.396 e. The number of hydrogen-bond acceptors (Lipinski definition) is 2. The molecule has 2 aromatic rings. The lowest BCUT2D eigenvalue weighted by atomic mass is 9.97. The summed E-state index contributed by atoms with van der Waals surface area (Å²) in [7, 11) is 0. The Balaban J connectivity index is 2.25. The molecule has 1 heterocycles. The Morgan fingerprint density at radius 3 is 2.94 bits per heavy atom. The molecule has 0 saturated heterocycles. The third-order valence-corrected chi connectivity index (χ3v) is 3.03. The molecule has 1 aromatic carbocycles. The van der Waals surface area contributed by atoms with E-state index >= 15 is 0 Å². The van der Waals surface area contributed by atoms with Crippen molar-refractivity contribution in [2.24, 2.45) is 5.92 Å². The average molecular weight is 215 g/mol. The van der Waals surface area contributed by atoms with Crippen molar-refractivity contribution in [3.8, 4) is 0 Å². The highest BCUT2D eigenvalue weighted by Gasteiger charge is 2.06. The maximum Gasteiger partial charge on any atom is 0.0702 e. The maximum atomic E-state index is 9.19. The molecule has 0 aliphatic heterocycles. The van der Waals surface area contributed by atoms with Gasteiger partial charge < -0.3 is 5.11 Å². The predicted molar refractivity (Wildman–Crippen MR) is 66.3 cm³/mol. The molecular formula is C14H17NO. The van der Waals surface area contributed by atoms with Gasteiger partial charge in [0.2, 0.25) is 0 Å². The molecular weight excluding hydrogens is 198 g/mol. The summed E-state index contributed by atoms with van der Waals surface area (Å²) < 4.78 is 0. The Hall–Kier alpha value is -1.41. The Kier molecular flexibility index (Phi) is 3.52. The topological polar surface area (TPSA) is 33.1 Å². The van der Waals surface area contributed by atoms with Gasteiger partial charge in [0.05, 0.1) is 5.52 Å². The molecule has 1 unspecified atom stereocenters. The fraction of sp³-hybridized carbons (Fsp3) is 0.357. The van der Waals surface area contributed by atoms with Crippen molar-refractivity contribution in [2.45, 2.75) is 19.8 Å². The van der Waals surface area contributed by atoms with Crippen LogP contribution in [0, 0.1) is 5.92 Å². The highest BCUT2D eigenvalue weighted by atomic mass is 16.3. The first-order chi connectivity index (χ1) is 7.83. The van der Waals surface area contributed by atoms with Crippen LogP contribution in [0.3, 0.4) is 0 Å². The van der Waals surface area contributed by atoms with Gasteiger partial charge in [-0.15, -0.1) is 0 Å². The minimum absolute atomic E-state index is 0.265. The Morgan fingerprint density at radius 1 is 1.31 bits per heavy atom. The fourth-order valence-electron chi connectivity index (χ4n) is 1.92. The first-order valence-corrected chi connectivity index (χ1v) is 5.78. The molecule has 1 N–H and O–H groups in total. The van der Waals surface area contributed by atoms with Crippen molar-refractivity contribution < 1.29 is 5.11 Å². The van der Waals surface area contributed by atoms with Gasteiger partial charge in [0.25, 0.3) is 0 Å². The molecule has 0 fully saturated rings. The molecule has 0 bridgehead atoms. The van der Waals surface area contributed by atoms with Crippen molar-refractivity contribution in [2.75, 3.05) is 6.61 Å². The summed E-state index contributed by atoms with van der Waals surface area (Å²) in [6.45, 7) is 2.38. The largest absolute Gasteiger partial charge is 0.396 e. The van der Waals surface area contributed by atoms with E-state index in [0.717, 1.165) is 18.4 Å². The molecule has 0 spiro atoms. The van der Waals surface area contributed by atoms with E-state index in [1.165, 1.54) is 10.9 Å². The fourth-order valence-corrected chi connectivity index (χ4v) is 1.92. The van der Waals surface area contributed by atoms with Crippen LogP contribution in [0.15, 0.2) is 36.5 Å². The lowest BCUT2D eigenvalue weighted by Gasteiger charge is -2.11. The Morgan fingerprint density at radius 2 is 2.19 bits per heavy atom. The van der Waals surface area contributed by atoms with E-state index in [9.17, 15) is 5.11 Å². The van der Waals surface area contributed by atoms with Gasteiger partial charge in [-0.05, 0) is 36.1 Å². The molecule has 2 heteroatoms. The number of aliphatic hydroxyl groups excluding tert-OH is 1. The van der Waals surface area contributed by atoms with Crippen LogP contribution in [0.4, 0.5) is 0 Å². The highest BCUT2D eigenvalue weighted by molar-refractivity contribution is 5.78. The molecule has 16 heavy (non-hydrogen) atoms.